The van der Waals surface area contributed by atoms with Crippen LogP contribution in [0.15, 0.2) is 22.7 Å². The number of benzene rings is 1. The molecule has 13 heavy (non-hydrogen) atoms. The fourth-order valence-corrected chi connectivity index (χ4v) is 1.67. The van der Waals surface area contributed by atoms with Gasteiger partial charge in [-0.2, -0.15) is 5.26 Å². The van der Waals surface area contributed by atoms with E-state index in [1.807, 2.05) is 18.2 Å². The van der Waals surface area contributed by atoms with Crippen LogP contribution in [0.25, 0.3) is 10.9 Å². The summed E-state index contributed by atoms with van der Waals surface area (Å²) in [6, 6.07) is 7.73. The van der Waals surface area contributed by atoms with Gasteiger partial charge in [-0.25, -0.2) is 0 Å². The second kappa shape index (κ2) is 2.79. The Balaban J connectivity index is 2.91. The van der Waals surface area contributed by atoms with Crippen LogP contribution in [0.5, 0.6) is 0 Å². The second-order valence-corrected chi connectivity index (χ2v) is 3.63. The average molecular weight is 236 g/mol. The van der Waals surface area contributed by atoms with Crippen molar-refractivity contribution in [1.29, 1.82) is 5.26 Å². The van der Waals surface area contributed by atoms with Gasteiger partial charge in [0.05, 0.1) is 0 Å². The van der Waals surface area contributed by atoms with E-state index < -0.39 is 0 Å². The molecule has 3 nitrogen and oxygen atoms in total. The number of fused-ring (bicyclic) bond motifs is 1. The van der Waals surface area contributed by atoms with Crippen molar-refractivity contribution in [3.05, 3.63) is 28.2 Å². The highest BCUT2D eigenvalue weighted by Crippen LogP contribution is 2.26. The van der Waals surface area contributed by atoms with E-state index in [4.69, 9.17) is 11.0 Å². The van der Waals surface area contributed by atoms with Gasteiger partial charge >= 0.3 is 0 Å². The van der Waals surface area contributed by atoms with Crippen LogP contribution in [0, 0.1) is 11.3 Å². The van der Waals surface area contributed by atoms with Crippen molar-refractivity contribution in [3.8, 4) is 6.07 Å². The third-order valence-electron chi connectivity index (χ3n) is 1.90. The van der Waals surface area contributed by atoms with E-state index in [2.05, 4.69) is 27.0 Å². The van der Waals surface area contributed by atoms with Crippen LogP contribution in [-0.4, -0.2) is 4.98 Å². The molecule has 64 valence electrons. The molecular formula is C9H6BrN3. The first-order valence-electron chi connectivity index (χ1n) is 3.69. The minimum absolute atomic E-state index is 0.426. The lowest BCUT2D eigenvalue weighted by molar-refractivity contribution is 1.44. The van der Waals surface area contributed by atoms with E-state index in [0.29, 0.717) is 11.4 Å². The Hall–Kier alpha value is -1.47. The van der Waals surface area contributed by atoms with Gasteiger partial charge in [-0.1, -0.05) is 15.9 Å². The molecule has 2 rings (SSSR count). The largest absolute Gasteiger partial charge is 0.384 e. The topological polar surface area (TPSA) is 65.6 Å². The van der Waals surface area contributed by atoms with Gasteiger partial charge in [0, 0.05) is 15.4 Å². The maximum atomic E-state index is 8.83. The molecule has 0 atom stereocenters. The lowest BCUT2D eigenvalue weighted by Crippen LogP contribution is -1.86. The number of nitrogens with two attached hydrogens (primary N) is 1. The van der Waals surface area contributed by atoms with Gasteiger partial charge in [-0.05, 0) is 18.2 Å². The number of nitrogens with zero attached hydrogens (tertiary/aromatic N) is 1. The summed E-state index contributed by atoms with van der Waals surface area (Å²) in [5, 5.41) is 9.69. The van der Waals surface area contributed by atoms with Gasteiger partial charge in [0.1, 0.15) is 17.5 Å². The van der Waals surface area contributed by atoms with Gasteiger partial charge in [0.15, 0.2) is 0 Å². The highest BCUT2D eigenvalue weighted by atomic mass is 79.9. The zero-order chi connectivity index (χ0) is 9.42. The number of hydrogen-bond acceptors (Lipinski definition) is 2. The third-order valence-corrected chi connectivity index (χ3v) is 2.39. The number of hydrogen-bond donors (Lipinski definition) is 2. The molecule has 4 heteroatoms. The van der Waals surface area contributed by atoms with E-state index in [1.54, 1.807) is 0 Å². The lowest BCUT2D eigenvalue weighted by atomic mass is 10.2. The molecule has 2 aromatic rings. The zero-order valence-electron chi connectivity index (χ0n) is 6.63. The predicted octanol–water partition coefficient (Wildman–Crippen LogP) is 2.38. The Labute approximate surface area is 83.3 Å². The Morgan fingerprint density at radius 2 is 2.23 bits per heavy atom. The molecule has 0 bridgehead atoms. The minimum Gasteiger partial charge on any atom is -0.384 e. The summed E-state index contributed by atoms with van der Waals surface area (Å²) in [6.07, 6.45) is 0. The SMILES string of the molecule is N#Cc1c(N)[nH]c2ccc(Br)cc12. The third kappa shape index (κ3) is 1.18. The molecule has 0 aliphatic carbocycles. The molecule has 0 amide bonds. The molecule has 0 unspecified atom stereocenters. The molecule has 0 saturated heterocycles. The first kappa shape index (κ1) is 8.14. The van der Waals surface area contributed by atoms with E-state index in [0.717, 1.165) is 15.4 Å². The number of nitrogens with one attached hydrogen (secondary N) is 1. The Morgan fingerprint density at radius 3 is 2.92 bits per heavy atom. The molecule has 0 spiro atoms. The lowest BCUT2D eigenvalue weighted by Gasteiger charge is -1.90. The van der Waals surface area contributed by atoms with E-state index in [-0.39, 0.29) is 0 Å². The number of halogens is 1. The van der Waals surface area contributed by atoms with Crippen LogP contribution in [0.2, 0.25) is 0 Å². The molecule has 0 saturated carbocycles. The van der Waals surface area contributed by atoms with E-state index in [9.17, 15) is 0 Å². The first-order chi connectivity index (χ1) is 6.22. The Bertz CT molecular complexity index is 507. The van der Waals surface area contributed by atoms with Crippen LogP contribution in [-0.2, 0) is 0 Å². The maximum Gasteiger partial charge on any atom is 0.119 e. The predicted molar refractivity (Wildman–Crippen MR) is 55.1 cm³/mol. The highest BCUT2D eigenvalue weighted by molar-refractivity contribution is 9.10. The molecule has 1 aromatic carbocycles. The molecule has 0 radical (unpaired) electrons. The molecule has 1 heterocycles. The minimum atomic E-state index is 0.426. The van der Waals surface area contributed by atoms with Crippen LogP contribution < -0.4 is 5.73 Å². The normalized spacial score (nSPS) is 10.2. The van der Waals surface area contributed by atoms with Crippen molar-refractivity contribution in [2.24, 2.45) is 0 Å². The van der Waals surface area contributed by atoms with Crippen molar-refractivity contribution in [3.63, 3.8) is 0 Å². The fraction of sp³-hybridized carbons (Fsp3) is 0. The van der Waals surface area contributed by atoms with Crippen LogP contribution in [0.3, 0.4) is 0 Å². The van der Waals surface area contributed by atoms with E-state index >= 15 is 0 Å². The van der Waals surface area contributed by atoms with Crippen molar-refractivity contribution in [2.45, 2.75) is 0 Å². The summed E-state index contributed by atoms with van der Waals surface area (Å²) in [4.78, 5) is 2.94. The number of H-pyrrole nitrogens is 1. The van der Waals surface area contributed by atoms with Gasteiger partial charge in [-0.15, -0.1) is 0 Å². The Morgan fingerprint density at radius 1 is 1.46 bits per heavy atom. The molecule has 3 N–H and O–H groups in total. The zero-order valence-corrected chi connectivity index (χ0v) is 8.22. The van der Waals surface area contributed by atoms with Gasteiger partial charge in [0.2, 0.25) is 0 Å². The number of rotatable bonds is 0. The highest BCUT2D eigenvalue weighted by Gasteiger charge is 2.07. The van der Waals surface area contributed by atoms with Crippen LogP contribution in [0.4, 0.5) is 5.82 Å². The summed E-state index contributed by atoms with van der Waals surface area (Å²) >= 11 is 3.34. The molecule has 1 aromatic heterocycles. The van der Waals surface area contributed by atoms with Crippen molar-refractivity contribution >= 4 is 32.7 Å². The van der Waals surface area contributed by atoms with Gasteiger partial charge < -0.3 is 10.7 Å². The van der Waals surface area contributed by atoms with Crippen LogP contribution >= 0.6 is 15.9 Å². The Kier molecular flexibility index (Phi) is 1.74. The van der Waals surface area contributed by atoms with Gasteiger partial charge in [-0.3, -0.25) is 0 Å². The number of aromatic nitrogens is 1. The molecule has 0 aliphatic rings. The monoisotopic (exact) mass is 235 g/mol. The van der Waals surface area contributed by atoms with Crippen molar-refractivity contribution < 1.29 is 0 Å². The smallest absolute Gasteiger partial charge is 0.119 e. The van der Waals surface area contributed by atoms with Crippen LogP contribution in [0.1, 0.15) is 5.56 Å². The number of nitriles is 1. The summed E-state index contributed by atoms with van der Waals surface area (Å²) in [7, 11) is 0. The maximum absolute atomic E-state index is 8.83. The summed E-state index contributed by atoms with van der Waals surface area (Å²) in [5.74, 6) is 0.426. The fourth-order valence-electron chi connectivity index (χ4n) is 1.31. The quantitative estimate of drug-likeness (QED) is 0.737. The average Bonchev–Trinajstić information content (AvgIpc) is 2.40. The number of nitrogen functional groups attached to an aromatic ring is 1. The van der Waals surface area contributed by atoms with Crippen molar-refractivity contribution in [1.82, 2.24) is 4.98 Å². The van der Waals surface area contributed by atoms with Gasteiger partial charge in [0.25, 0.3) is 0 Å². The molecule has 0 fully saturated rings. The van der Waals surface area contributed by atoms with E-state index in [1.165, 1.54) is 0 Å². The van der Waals surface area contributed by atoms with Crippen molar-refractivity contribution in [2.75, 3.05) is 5.73 Å². The standard InChI is InChI=1S/C9H6BrN3/c10-5-1-2-8-6(3-5)7(4-11)9(12)13-8/h1-3,13H,12H2. The number of aromatic amines is 1. The molecular weight excluding hydrogens is 230 g/mol. The molecule has 0 aliphatic heterocycles. The summed E-state index contributed by atoms with van der Waals surface area (Å²) in [5.41, 5.74) is 7.02. The summed E-state index contributed by atoms with van der Waals surface area (Å²) < 4.78 is 0.940. The number of anilines is 1. The summed E-state index contributed by atoms with van der Waals surface area (Å²) in [6.45, 7) is 0. The second-order valence-electron chi connectivity index (χ2n) is 2.72. The first-order valence-corrected chi connectivity index (χ1v) is 4.48.